The minimum absolute atomic E-state index is 0.0196. The van der Waals surface area contributed by atoms with Crippen molar-refractivity contribution in [2.75, 3.05) is 6.61 Å². The standard InChI is InChI=1S/C21H34O/c1-9-22-17(3)21(7,8)16(2)15-19(20(4,5)6)18-13-11-10-12-14-18/h10-14,16,19H,3,9,15H2,1-2,4-8H3. The molecule has 0 aromatic heterocycles. The molecule has 0 bridgehead atoms. The van der Waals surface area contributed by atoms with Crippen molar-refractivity contribution >= 4 is 0 Å². The number of hydrogen-bond donors (Lipinski definition) is 0. The van der Waals surface area contributed by atoms with Crippen LogP contribution in [0.1, 0.15) is 66.4 Å². The Morgan fingerprint density at radius 3 is 2.09 bits per heavy atom. The number of benzene rings is 1. The monoisotopic (exact) mass is 302 g/mol. The zero-order valence-corrected chi connectivity index (χ0v) is 15.6. The van der Waals surface area contributed by atoms with Crippen LogP contribution in [0.2, 0.25) is 0 Å². The highest BCUT2D eigenvalue weighted by Gasteiger charge is 2.35. The molecule has 1 aromatic carbocycles. The Hall–Kier alpha value is -1.24. The third-order valence-corrected chi connectivity index (χ3v) is 5.11. The third kappa shape index (κ3) is 4.63. The first-order valence-electron chi connectivity index (χ1n) is 8.47. The third-order valence-electron chi connectivity index (χ3n) is 5.11. The fraction of sp³-hybridized carbons (Fsp3) is 0.619. The van der Waals surface area contributed by atoms with Crippen molar-refractivity contribution in [3.05, 3.63) is 48.2 Å². The Kier molecular flexibility index (Phi) is 6.28. The van der Waals surface area contributed by atoms with Crippen LogP contribution in [-0.4, -0.2) is 6.61 Å². The van der Waals surface area contributed by atoms with E-state index in [1.165, 1.54) is 5.56 Å². The molecule has 124 valence electrons. The molecule has 0 spiro atoms. The van der Waals surface area contributed by atoms with Gasteiger partial charge in [-0.2, -0.15) is 0 Å². The Balaban J connectivity index is 2.98. The molecular formula is C21H34O. The van der Waals surface area contributed by atoms with E-state index in [4.69, 9.17) is 4.74 Å². The van der Waals surface area contributed by atoms with Gasteiger partial charge in [-0.25, -0.2) is 0 Å². The molecule has 1 rings (SSSR count). The van der Waals surface area contributed by atoms with Gasteiger partial charge in [-0.3, -0.25) is 0 Å². The van der Waals surface area contributed by atoms with Gasteiger partial charge in [0.05, 0.1) is 12.4 Å². The van der Waals surface area contributed by atoms with Crippen molar-refractivity contribution in [1.29, 1.82) is 0 Å². The van der Waals surface area contributed by atoms with Crippen LogP contribution in [-0.2, 0) is 4.74 Å². The van der Waals surface area contributed by atoms with Gasteiger partial charge in [0.25, 0.3) is 0 Å². The van der Waals surface area contributed by atoms with Gasteiger partial charge in [-0.1, -0.05) is 78.5 Å². The minimum Gasteiger partial charge on any atom is -0.498 e. The van der Waals surface area contributed by atoms with Gasteiger partial charge in [0.1, 0.15) is 0 Å². The van der Waals surface area contributed by atoms with Crippen molar-refractivity contribution in [3.8, 4) is 0 Å². The summed E-state index contributed by atoms with van der Waals surface area (Å²) in [7, 11) is 0. The van der Waals surface area contributed by atoms with E-state index in [1.807, 2.05) is 6.92 Å². The van der Waals surface area contributed by atoms with Gasteiger partial charge in [0.2, 0.25) is 0 Å². The van der Waals surface area contributed by atoms with Gasteiger partial charge >= 0.3 is 0 Å². The van der Waals surface area contributed by atoms with E-state index < -0.39 is 0 Å². The summed E-state index contributed by atoms with van der Waals surface area (Å²) in [6.45, 7) is 20.7. The van der Waals surface area contributed by atoms with Gasteiger partial charge in [-0.15, -0.1) is 0 Å². The van der Waals surface area contributed by atoms with E-state index in [1.54, 1.807) is 0 Å². The van der Waals surface area contributed by atoms with Crippen molar-refractivity contribution in [2.24, 2.45) is 16.7 Å². The molecule has 0 heterocycles. The van der Waals surface area contributed by atoms with E-state index in [0.717, 1.165) is 12.2 Å². The maximum atomic E-state index is 5.71. The molecule has 0 radical (unpaired) electrons. The Morgan fingerprint density at radius 1 is 1.09 bits per heavy atom. The van der Waals surface area contributed by atoms with E-state index in [0.29, 0.717) is 18.4 Å². The zero-order chi connectivity index (χ0) is 17.0. The van der Waals surface area contributed by atoms with E-state index in [-0.39, 0.29) is 10.8 Å². The highest BCUT2D eigenvalue weighted by Crippen LogP contribution is 2.45. The van der Waals surface area contributed by atoms with Crippen LogP contribution in [0.15, 0.2) is 42.7 Å². The number of rotatable bonds is 7. The number of ether oxygens (including phenoxy) is 1. The Labute approximate surface area is 137 Å². The lowest BCUT2D eigenvalue weighted by Gasteiger charge is -2.39. The summed E-state index contributed by atoms with van der Waals surface area (Å²) in [5.41, 5.74) is 1.65. The fourth-order valence-corrected chi connectivity index (χ4v) is 2.96. The lowest BCUT2D eigenvalue weighted by atomic mass is 9.67. The summed E-state index contributed by atoms with van der Waals surface area (Å²) in [5.74, 6) is 1.93. The fourth-order valence-electron chi connectivity index (χ4n) is 2.96. The van der Waals surface area contributed by atoms with E-state index in [2.05, 4.69) is 78.5 Å². The molecule has 0 fully saturated rings. The Bertz CT molecular complexity index is 464. The van der Waals surface area contributed by atoms with E-state index >= 15 is 0 Å². The predicted octanol–water partition coefficient (Wildman–Crippen LogP) is 6.42. The van der Waals surface area contributed by atoms with Gasteiger partial charge < -0.3 is 4.74 Å². The van der Waals surface area contributed by atoms with Gasteiger partial charge in [0.15, 0.2) is 0 Å². The van der Waals surface area contributed by atoms with Crippen molar-refractivity contribution < 1.29 is 4.74 Å². The molecule has 0 aliphatic carbocycles. The molecule has 2 unspecified atom stereocenters. The van der Waals surface area contributed by atoms with Crippen LogP contribution in [0.3, 0.4) is 0 Å². The van der Waals surface area contributed by atoms with E-state index in [9.17, 15) is 0 Å². The van der Waals surface area contributed by atoms with Crippen molar-refractivity contribution in [1.82, 2.24) is 0 Å². The summed E-state index contributed by atoms with van der Waals surface area (Å²) in [6, 6.07) is 10.9. The maximum absolute atomic E-state index is 5.71. The molecule has 2 atom stereocenters. The molecule has 1 aromatic rings. The van der Waals surface area contributed by atoms with Crippen LogP contribution in [0.25, 0.3) is 0 Å². The average Bonchev–Trinajstić information content (AvgIpc) is 2.44. The predicted molar refractivity (Wildman–Crippen MR) is 97.0 cm³/mol. The molecule has 0 N–H and O–H groups in total. The average molecular weight is 303 g/mol. The quantitative estimate of drug-likeness (QED) is 0.528. The first kappa shape index (κ1) is 18.8. The molecule has 0 saturated heterocycles. The van der Waals surface area contributed by atoms with Crippen LogP contribution < -0.4 is 0 Å². The lowest BCUT2D eigenvalue weighted by Crippen LogP contribution is -2.30. The summed E-state index contributed by atoms with van der Waals surface area (Å²) >= 11 is 0. The van der Waals surface area contributed by atoms with Gasteiger partial charge in [0, 0.05) is 5.41 Å². The topological polar surface area (TPSA) is 9.23 Å². The highest BCUT2D eigenvalue weighted by molar-refractivity contribution is 5.22. The molecule has 0 saturated carbocycles. The molecule has 1 heteroatoms. The summed E-state index contributed by atoms with van der Waals surface area (Å²) < 4.78 is 5.71. The van der Waals surface area contributed by atoms with Gasteiger partial charge in [-0.05, 0) is 36.2 Å². The number of allylic oxidation sites excluding steroid dienone is 1. The number of hydrogen-bond acceptors (Lipinski definition) is 1. The van der Waals surface area contributed by atoms with Crippen LogP contribution in [0.5, 0.6) is 0 Å². The van der Waals surface area contributed by atoms with Crippen LogP contribution >= 0.6 is 0 Å². The summed E-state index contributed by atoms with van der Waals surface area (Å²) in [4.78, 5) is 0. The minimum atomic E-state index is -0.0196. The first-order chi connectivity index (χ1) is 10.1. The second-order valence-corrected chi connectivity index (χ2v) is 8.04. The first-order valence-corrected chi connectivity index (χ1v) is 8.47. The normalized spacial score (nSPS) is 15.2. The molecule has 0 amide bonds. The second-order valence-electron chi connectivity index (χ2n) is 8.04. The zero-order valence-electron chi connectivity index (χ0n) is 15.6. The molecule has 22 heavy (non-hydrogen) atoms. The largest absolute Gasteiger partial charge is 0.498 e. The highest BCUT2D eigenvalue weighted by atomic mass is 16.5. The molecule has 0 aliphatic rings. The molecular weight excluding hydrogens is 268 g/mol. The lowest BCUT2D eigenvalue weighted by molar-refractivity contribution is 0.103. The second kappa shape index (κ2) is 7.35. The van der Waals surface area contributed by atoms with Crippen molar-refractivity contribution in [3.63, 3.8) is 0 Å². The smallest absolute Gasteiger partial charge is 0.0946 e. The van der Waals surface area contributed by atoms with Crippen LogP contribution in [0, 0.1) is 16.7 Å². The summed E-state index contributed by atoms with van der Waals surface area (Å²) in [5, 5.41) is 0. The van der Waals surface area contributed by atoms with Crippen LogP contribution in [0.4, 0.5) is 0 Å². The Morgan fingerprint density at radius 2 is 1.64 bits per heavy atom. The SMILES string of the molecule is C=C(OCC)C(C)(C)C(C)CC(c1ccccc1)C(C)(C)C. The molecule has 0 aliphatic heterocycles. The maximum Gasteiger partial charge on any atom is 0.0946 e. The van der Waals surface area contributed by atoms with Crippen molar-refractivity contribution in [2.45, 2.75) is 60.8 Å². The summed E-state index contributed by atoms with van der Waals surface area (Å²) in [6.07, 6.45) is 1.13. The molecule has 1 nitrogen and oxygen atoms in total.